The van der Waals surface area contributed by atoms with E-state index in [1.807, 2.05) is 30.3 Å². The van der Waals surface area contributed by atoms with Gasteiger partial charge < -0.3 is 40.2 Å². The van der Waals surface area contributed by atoms with Gasteiger partial charge in [-0.3, -0.25) is 14.4 Å². The molecule has 4 amide bonds. The summed E-state index contributed by atoms with van der Waals surface area (Å²) in [4.78, 5) is 74.0. The molecule has 43 heavy (non-hydrogen) atoms. The Balaban J connectivity index is 2.70. The first kappa shape index (κ1) is 36.7. The van der Waals surface area contributed by atoms with Gasteiger partial charge in [-0.15, -0.1) is 0 Å². The number of carbonyl (C=O) groups is 6. The van der Waals surface area contributed by atoms with Crippen LogP contribution >= 0.6 is 0 Å². The van der Waals surface area contributed by atoms with Crippen LogP contribution in [0.15, 0.2) is 30.3 Å². The van der Waals surface area contributed by atoms with Gasteiger partial charge in [-0.25, -0.2) is 14.4 Å². The van der Waals surface area contributed by atoms with Crippen LogP contribution in [-0.2, 0) is 44.7 Å². The third-order valence-electron chi connectivity index (χ3n) is 5.19. The Labute approximate surface area is 251 Å². The van der Waals surface area contributed by atoms with E-state index < -0.39 is 72.2 Å². The number of ether oxygens (including phenoxy) is 4. The second kappa shape index (κ2) is 17.6. The molecule has 0 aliphatic rings. The lowest BCUT2D eigenvalue weighted by atomic mass is 10.1. The minimum Gasteiger partial charge on any atom is -0.467 e. The molecule has 0 bridgehead atoms. The van der Waals surface area contributed by atoms with E-state index in [-0.39, 0.29) is 26.0 Å². The summed E-state index contributed by atoms with van der Waals surface area (Å²) in [5, 5.41) is 9.77. The van der Waals surface area contributed by atoms with Crippen molar-refractivity contribution in [1.29, 1.82) is 0 Å². The highest BCUT2D eigenvalue weighted by atomic mass is 16.6. The fraction of sp³-hybridized carbons (Fsp3) is 0.586. The molecule has 0 fully saturated rings. The number of hydrogen-bond acceptors (Lipinski definition) is 10. The van der Waals surface area contributed by atoms with Gasteiger partial charge in [0, 0.05) is 6.54 Å². The van der Waals surface area contributed by atoms with Gasteiger partial charge >= 0.3 is 24.1 Å². The maximum atomic E-state index is 12.9. The van der Waals surface area contributed by atoms with E-state index >= 15 is 0 Å². The number of esters is 2. The molecule has 0 aliphatic heterocycles. The van der Waals surface area contributed by atoms with Gasteiger partial charge in [-0.2, -0.15) is 0 Å². The highest BCUT2D eigenvalue weighted by molar-refractivity contribution is 5.92. The Hall–Kier alpha value is -4.36. The van der Waals surface area contributed by atoms with E-state index in [9.17, 15) is 28.8 Å². The molecule has 0 heterocycles. The summed E-state index contributed by atoms with van der Waals surface area (Å²) in [5.41, 5.74) is -0.807. The van der Waals surface area contributed by atoms with Crippen LogP contribution in [0.4, 0.5) is 9.59 Å². The van der Waals surface area contributed by atoms with Crippen molar-refractivity contribution >= 4 is 35.9 Å². The van der Waals surface area contributed by atoms with Crippen molar-refractivity contribution in [2.24, 2.45) is 0 Å². The van der Waals surface area contributed by atoms with Crippen LogP contribution < -0.4 is 21.3 Å². The van der Waals surface area contributed by atoms with Crippen LogP contribution in [-0.4, -0.2) is 79.4 Å². The van der Waals surface area contributed by atoms with E-state index in [0.717, 1.165) is 12.7 Å². The molecule has 14 heteroatoms. The van der Waals surface area contributed by atoms with Crippen molar-refractivity contribution in [3.8, 4) is 0 Å². The van der Waals surface area contributed by atoms with E-state index in [0.29, 0.717) is 0 Å². The summed E-state index contributed by atoms with van der Waals surface area (Å²) in [6.07, 6.45) is -1.63. The minimum atomic E-state index is -1.34. The molecule has 2 unspecified atom stereocenters. The first-order valence-corrected chi connectivity index (χ1v) is 13.8. The Morgan fingerprint density at radius 1 is 0.791 bits per heavy atom. The molecule has 240 valence electrons. The normalized spacial score (nSPS) is 12.5. The van der Waals surface area contributed by atoms with Crippen molar-refractivity contribution in [1.82, 2.24) is 21.3 Å². The van der Waals surface area contributed by atoms with Crippen LogP contribution in [0.25, 0.3) is 0 Å². The summed E-state index contributed by atoms with van der Waals surface area (Å²) in [6, 6.07) is 6.66. The molecular weight excluding hydrogens is 564 g/mol. The molecule has 0 aliphatic carbocycles. The molecule has 0 radical (unpaired) electrons. The highest BCUT2D eigenvalue weighted by Crippen LogP contribution is 2.10. The third kappa shape index (κ3) is 17.3. The van der Waals surface area contributed by atoms with Crippen LogP contribution in [0.3, 0.4) is 0 Å². The lowest BCUT2D eigenvalue weighted by Gasteiger charge is -2.23. The van der Waals surface area contributed by atoms with E-state index in [4.69, 9.17) is 14.2 Å². The van der Waals surface area contributed by atoms with Crippen LogP contribution in [0.5, 0.6) is 0 Å². The Kier molecular flexibility index (Phi) is 15.0. The Bertz CT molecular complexity index is 1100. The molecular formula is C29H44N4O10. The molecule has 14 nitrogen and oxygen atoms in total. The maximum absolute atomic E-state index is 12.9. The first-order chi connectivity index (χ1) is 20.0. The minimum absolute atomic E-state index is 0.0785. The quantitative estimate of drug-likeness (QED) is 0.138. The van der Waals surface area contributed by atoms with Crippen molar-refractivity contribution in [3.05, 3.63) is 35.9 Å². The van der Waals surface area contributed by atoms with Crippen LogP contribution in [0.1, 0.15) is 66.4 Å². The Morgan fingerprint density at radius 2 is 1.42 bits per heavy atom. The first-order valence-electron chi connectivity index (χ1n) is 13.8. The number of amides is 4. The molecule has 1 aromatic carbocycles. The van der Waals surface area contributed by atoms with Gasteiger partial charge in [0.25, 0.3) is 0 Å². The zero-order chi connectivity index (χ0) is 32.6. The van der Waals surface area contributed by atoms with Gasteiger partial charge in [0.1, 0.15) is 29.9 Å². The molecule has 4 N–H and O–H groups in total. The maximum Gasteiger partial charge on any atom is 0.408 e. The summed E-state index contributed by atoms with van der Waals surface area (Å²) in [6.45, 7) is 9.60. The molecule has 0 aromatic heterocycles. The van der Waals surface area contributed by atoms with Crippen LogP contribution in [0, 0.1) is 0 Å². The van der Waals surface area contributed by atoms with Gasteiger partial charge in [0.05, 0.1) is 20.1 Å². The number of rotatable bonds is 14. The van der Waals surface area contributed by atoms with E-state index in [2.05, 4.69) is 26.0 Å². The van der Waals surface area contributed by atoms with Crippen molar-refractivity contribution in [3.63, 3.8) is 0 Å². The summed E-state index contributed by atoms with van der Waals surface area (Å²) >= 11 is 0. The lowest BCUT2D eigenvalue weighted by molar-refractivity contribution is -0.159. The fourth-order valence-electron chi connectivity index (χ4n) is 3.41. The van der Waals surface area contributed by atoms with Crippen molar-refractivity contribution in [2.75, 3.05) is 20.2 Å². The van der Waals surface area contributed by atoms with Crippen molar-refractivity contribution in [2.45, 2.75) is 90.7 Å². The predicted octanol–water partition coefficient (Wildman–Crippen LogP) is 2.09. The molecule has 0 saturated carbocycles. The van der Waals surface area contributed by atoms with Gasteiger partial charge in [-0.05, 0) is 59.9 Å². The standard InChI is InChI=1S/C29H44N4O10/c1-28(2,3)42-23(35)16-21(25(37)40-7)32-22(34)17-31-24(36)20(33-27(39)43-29(4,5)6)14-11-15-30-26(38)41-18-19-12-9-8-10-13-19/h8-10,12-13,20-21H,11,14-18H2,1-7H3,(H,30,38)(H,31,36)(H,32,34)(H,33,39). The van der Waals surface area contributed by atoms with E-state index in [1.54, 1.807) is 41.5 Å². The zero-order valence-electron chi connectivity index (χ0n) is 25.9. The second-order valence-corrected chi connectivity index (χ2v) is 11.5. The van der Waals surface area contributed by atoms with E-state index in [1.165, 1.54) is 0 Å². The van der Waals surface area contributed by atoms with Gasteiger partial charge in [0.15, 0.2) is 0 Å². The Morgan fingerprint density at radius 3 is 2.00 bits per heavy atom. The largest absolute Gasteiger partial charge is 0.467 e. The average Bonchev–Trinajstić information content (AvgIpc) is 2.89. The lowest BCUT2D eigenvalue weighted by Crippen LogP contribution is -2.52. The number of benzene rings is 1. The number of hydrogen-bond donors (Lipinski definition) is 4. The highest BCUT2D eigenvalue weighted by Gasteiger charge is 2.29. The topological polar surface area (TPSA) is 187 Å². The van der Waals surface area contributed by atoms with Crippen LogP contribution in [0.2, 0.25) is 0 Å². The predicted molar refractivity (Wildman–Crippen MR) is 154 cm³/mol. The molecule has 2 atom stereocenters. The number of methoxy groups -OCH3 is 1. The van der Waals surface area contributed by atoms with Gasteiger partial charge in [-0.1, -0.05) is 30.3 Å². The fourth-order valence-corrected chi connectivity index (χ4v) is 3.41. The monoisotopic (exact) mass is 608 g/mol. The third-order valence-corrected chi connectivity index (χ3v) is 5.19. The second-order valence-electron chi connectivity index (χ2n) is 11.5. The molecule has 1 aromatic rings. The number of nitrogens with one attached hydrogen (secondary N) is 4. The molecule has 1 rings (SSSR count). The van der Waals surface area contributed by atoms with Gasteiger partial charge in [0.2, 0.25) is 11.8 Å². The number of carbonyl (C=O) groups excluding carboxylic acids is 6. The molecule has 0 saturated heterocycles. The average molecular weight is 609 g/mol. The molecule has 0 spiro atoms. The SMILES string of the molecule is COC(=O)C(CC(=O)OC(C)(C)C)NC(=O)CNC(=O)C(CCCNC(=O)OCc1ccccc1)NC(=O)OC(C)(C)C. The summed E-state index contributed by atoms with van der Waals surface area (Å²) in [5.74, 6) is -3.10. The summed E-state index contributed by atoms with van der Waals surface area (Å²) < 4.78 is 20.2. The van der Waals surface area contributed by atoms with Crippen molar-refractivity contribution < 1.29 is 47.7 Å². The summed E-state index contributed by atoms with van der Waals surface area (Å²) in [7, 11) is 1.10. The smallest absolute Gasteiger partial charge is 0.408 e. The number of alkyl carbamates (subject to hydrolysis) is 2. The zero-order valence-corrected chi connectivity index (χ0v) is 25.9.